The second-order valence-electron chi connectivity index (χ2n) is 10.9. The Kier molecular flexibility index (Phi) is 7.63. The fourth-order valence-corrected chi connectivity index (χ4v) is 4.61. The van der Waals surface area contributed by atoms with Gasteiger partial charge < -0.3 is 14.8 Å². The summed E-state index contributed by atoms with van der Waals surface area (Å²) in [6.45, 7) is 10.6. The Balaban J connectivity index is 1.51. The van der Waals surface area contributed by atoms with Gasteiger partial charge in [-0.05, 0) is 53.9 Å². The van der Waals surface area contributed by atoms with Crippen LogP contribution in [0.5, 0.6) is 0 Å². The molecule has 0 atom stereocenters. The maximum absolute atomic E-state index is 13.6. The minimum Gasteiger partial charge on any atom is -0.361 e. The molecule has 0 spiro atoms. The average molecular weight is 474 g/mol. The van der Waals surface area contributed by atoms with Crippen molar-refractivity contribution in [2.75, 3.05) is 19.6 Å². The molecule has 35 heavy (non-hydrogen) atoms. The summed E-state index contributed by atoms with van der Waals surface area (Å²) in [6, 6.07) is 16.9. The molecule has 1 heterocycles. The van der Waals surface area contributed by atoms with E-state index in [1.165, 1.54) is 16.5 Å². The van der Waals surface area contributed by atoms with Crippen molar-refractivity contribution < 1.29 is 9.59 Å². The Morgan fingerprint density at radius 1 is 0.971 bits per heavy atom. The second-order valence-corrected chi connectivity index (χ2v) is 10.9. The first kappa shape index (κ1) is 25.0. The van der Waals surface area contributed by atoms with Crippen LogP contribution >= 0.6 is 0 Å². The molecule has 5 heteroatoms. The Morgan fingerprint density at radius 2 is 1.69 bits per heavy atom. The molecule has 2 aromatic carbocycles. The van der Waals surface area contributed by atoms with Gasteiger partial charge in [-0.25, -0.2) is 0 Å². The van der Waals surface area contributed by atoms with Gasteiger partial charge >= 0.3 is 0 Å². The largest absolute Gasteiger partial charge is 0.361 e. The molecule has 1 fully saturated rings. The van der Waals surface area contributed by atoms with E-state index in [1.807, 2.05) is 23.2 Å². The number of hydrogen-bond donors (Lipinski definition) is 1. The lowest BCUT2D eigenvalue weighted by atomic mass is 9.87. The number of carbonyl (C=O) groups is 2. The Labute approximate surface area is 209 Å². The first-order valence-corrected chi connectivity index (χ1v) is 13.0. The van der Waals surface area contributed by atoms with Crippen LogP contribution in [-0.2, 0) is 28.0 Å². The number of nitrogens with zero attached hydrogens (tertiary/aromatic N) is 2. The molecule has 0 radical (unpaired) electrons. The summed E-state index contributed by atoms with van der Waals surface area (Å²) >= 11 is 0. The summed E-state index contributed by atoms with van der Waals surface area (Å²) in [4.78, 5) is 33.4. The van der Waals surface area contributed by atoms with E-state index >= 15 is 0 Å². The molecule has 1 N–H and O–H groups in total. The van der Waals surface area contributed by atoms with Gasteiger partial charge in [-0.15, -0.1) is 0 Å². The molecule has 0 aliphatic heterocycles. The zero-order valence-corrected chi connectivity index (χ0v) is 21.6. The van der Waals surface area contributed by atoms with Crippen LogP contribution in [0.3, 0.4) is 0 Å². The summed E-state index contributed by atoms with van der Waals surface area (Å²) in [5, 5.41) is 1.20. The van der Waals surface area contributed by atoms with Gasteiger partial charge in [-0.1, -0.05) is 70.2 Å². The number of aromatic amines is 1. The van der Waals surface area contributed by atoms with Gasteiger partial charge in [0.1, 0.15) is 0 Å². The highest BCUT2D eigenvalue weighted by atomic mass is 16.2. The van der Waals surface area contributed by atoms with Crippen LogP contribution in [0.1, 0.15) is 63.6 Å². The molecule has 0 saturated heterocycles. The number of hydrogen-bond acceptors (Lipinski definition) is 2. The van der Waals surface area contributed by atoms with Crippen LogP contribution in [0, 0.1) is 5.92 Å². The zero-order chi connectivity index (χ0) is 25.0. The number of amides is 2. The topological polar surface area (TPSA) is 56.4 Å². The Hall–Kier alpha value is -3.08. The molecule has 3 aromatic rings. The number of para-hydroxylation sites is 1. The number of fused-ring (bicyclic) bond motifs is 1. The van der Waals surface area contributed by atoms with Crippen LogP contribution < -0.4 is 0 Å². The quantitative estimate of drug-likeness (QED) is 0.412. The SMILES string of the molecule is CCCN(CC(=O)N(CCc1c[nH]c2ccccc12)Cc1ccc(C(C)(C)C)cc1)C(=O)C1CC1. The van der Waals surface area contributed by atoms with Crippen molar-refractivity contribution in [2.45, 2.75) is 65.3 Å². The van der Waals surface area contributed by atoms with Crippen molar-refractivity contribution in [2.24, 2.45) is 5.92 Å². The monoisotopic (exact) mass is 473 g/mol. The molecule has 2 amide bonds. The number of aromatic nitrogens is 1. The summed E-state index contributed by atoms with van der Waals surface area (Å²) in [7, 11) is 0. The maximum Gasteiger partial charge on any atom is 0.242 e. The first-order valence-electron chi connectivity index (χ1n) is 13.0. The number of H-pyrrole nitrogens is 1. The van der Waals surface area contributed by atoms with Crippen LogP contribution in [-0.4, -0.2) is 46.2 Å². The predicted molar refractivity (Wildman–Crippen MR) is 142 cm³/mol. The van der Waals surface area contributed by atoms with Crippen molar-refractivity contribution >= 4 is 22.7 Å². The highest BCUT2D eigenvalue weighted by molar-refractivity contribution is 5.87. The Morgan fingerprint density at radius 3 is 2.34 bits per heavy atom. The third-order valence-corrected chi connectivity index (χ3v) is 6.93. The minimum absolute atomic E-state index is 0.0205. The fraction of sp³-hybridized carbons (Fsp3) is 0.467. The highest BCUT2D eigenvalue weighted by Crippen LogP contribution is 2.31. The van der Waals surface area contributed by atoms with E-state index in [4.69, 9.17) is 0 Å². The third-order valence-electron chi connectivity index (χ3n) is 6.93. The number of rotatable bonds is 10. The average Bonchev–Trinajstić information content (AvgIpc) is 3.61. The van der Waals surface area contributed by atoms with Crippen LogP contribution in [0.15, 0.2) is 54.7 Å². The predicted octanol–water partition coefficient (Wildman–Crippen LogP) is 5.69. The molecule has 1 aliphatic rings. The fourth-order valence-electron chi connectivity index (χ4n) is 4.61. The van der Waals surface area contributed by atoms with Crippen molar-refractivity contribution in [3.8, 4) is 0 Å². The smallest absolute Gasteiger partial charge is 0.242 e. The molecule has 1 saturated carbocycles. The van der Waals surface area contributed by atoms with Gasteiger partial charge in [0, 0.05) is 42.7 Å². The highest BCUT2D eigenvalue weighted by Gasteiger charge is 2.34. The van der Waals surface area contributed by atoms with Crippen molar-refractivity contribution in [3.05, 3.63) is 71.4 Å². The molecule has 4 rings (SSSR count). The standard InChI is InChI=1S/C30H39N3O2/c1-5-17-33(29(35)23-12-13-23)21-28(34)32(20-22-10-14-25(15-11-22)30(2,3)4)18-16-24-19-31-27-9-7-6-8-26(24)27/h6-11,14-15,19,23,31H,5,12-13,16-18,20-21H2,1-4H3. The van der Waals surface area contributed by atoms with Gasteiger partial charge in [0.25, 0.3) is 0 Å². The van der Waals surface area contributed by atoms with Crippen LogP contribution in [0.2, 0.25) is 0 Å². The molecule has 1 aromatic heterocycles. The number of benzene rings is 2. The third kappa shape index (κ3) is 6.33. The van der Waals surface area contributed by atoms with E-state index in [-0.39, 0.29) is 29.7 Å². The van der Waals surface area contributed by atoms with Gasteiger partial charge in [0.05, 0.1) is 6.54 Å². The van der Waals surface area contributed by atoms with E-state index in [1.54, 1.807) is 4.90 Å². The van der Waals surface area contributed by atoms with Crippen molar-refractivity contribution in [1.29, 1.82) is 0 Å². The van der Waals surface area contributed by atoms with Crippen LogP contribution in [0.4, 0.5) is 0 Å². The van der Waals surface area contributed by atoms with Gasteiger partial charge in [-0.3, -0.25) is 9.59 Å². The first-order chi connectivity index (χ1) is 16.8. The summed E-state index contributed by atoms with van der Waals surface area (Å²) in [5.74, 6) is 0.289. The molecule has 5 nitrogen and oxygen atoms in total. The van der Waals surface area contributed by atoms with E-state index in [0.717, 1.165) is 36.8 Å². The van der Waals surface area contributed by atoms with Gasteiger partial charge in [0.15, 0.2) is 0 Å². The Bertz CT molecular complexity index is 1150. The molecule has 0 unspecified atom stereocenters. The molecule has 0 bridgehead atoms. The zero-order valence-electron chi connectivity index (χ0n) is 21.6. The second kappa shape index (κ2) is 10.7. The number of nitrogens with one attached hydrogen (secondary N) is 1. The molecular weight excluding hydrogens is 434 g/mol. The molecule has 1 aliphatic carbocycles. The molecular formula is C30H39N3O2. The molecule has 186 valence electrons. The normalized spacial score (nSPS) is 13.7. The lowest BCUT2D eigenvalue weighted by molar-refractivity contribution is -0.141. The van der Waals surface area contributed by atoms with E-state index in [9.17, 15) is 9.59 Å². The number of carbonyl (C=O) groups excluding carboxylic acids is 2. The van der Waals surface area contributed by atoms with E-state index in [2.05, 4.69) is 69.1 Å². The summed E-state index contributed by atoms with van der Waals surface area (Å²) in [6.07, 6.45) is 5.58. The van der Waals surface area contributed by atoms with Gasteiger partial charge in [0.2, 0.25) is 11.8 Å². The summed E-state index contributed by atoms with van der Waals surface area (Å²) in [5.41, 5.74) is 4.80. The minimum atomic E-state index is 0.0205. The van der Waals surface area contributed by atoms with E-state index < -0.39 is 0 Å². The lowest BCUT2D eigenvalue weighted by Crippen LogP contribution is -2.44. The van der Waals surface area contributed by atoms with Crippen LogP contribution in [0.25, 0.3) is 10.9 Å². The van der Waals surface area contributed by atoms with E-state index in [0.29, 0.717) is 19.6 Å². The van der Waals surface area contributed by atoms with Crippen molar-refractivity contribution in [1.82, 2.24) is 14.8 Å². The maximum atomic E-state index is 13.6. The van der Waals surface area contributed by atoms with Crippen molar-refractivity contribution in [3.63, 3.8) is 0 Å². The van der Waals surface area contributed by atoms with Gasteiger partial charge in [-0.2, -0.15) is 0 Å². The lowest BCUT2D eigenvalue weighted by Gasteiger charge is -2.28. The summed E-state index contributed by atoms with van der Waals surface area (Å²) < 4.78 is 0.